The van der Waals surface area contributed by atoms with Crippen LogP contribution in [-0.4, -0.2) is 48.8 Å². The minimum atomic E-state index is 0.223. The van der Waals surface area contributed by atoms with Crippen LogP contribution in [0.2, 0.25) is 0 Å². The van der Waals surface area contributed by atoms with Crippen molar-refractivity contribution in [3.63, 3.8) is 0 Å². The Morgan fingerprint density at radius 2 is 2.00 bits per heavy atom. The number of benzene rings is 1. The van der Waals surface area contributed by atoms with Gasteiger partial charge in [0, 0.05) is 42.8 Å². The third-order valence-electron chi connectivity index (χ3n) is 7.42. The highest BCUT2D eigenvalue weighted by atomic mass is 16.3. The van der Waals surface area contributed by atoms with Gasteiger partial charge < -0.3 is 19.6 Å². The van der Waals surface area contributed by atoms with E-state index in [2.05, 4.69) is 50.6 Å². The number of aromatic nitrogens is 5. The number of hydrogen-bond donors (Lipinski definition) is 2. The van der Waals surface area contributed by atoms with Gasteiger partial charge in [0.1, 0.15) is 17.0 Å². The van der Waals surface area contributed by atoms with Crippen LogP contribution < -0.4 is 4.90 Å². The van der Waals surface area contributed by atoms with Crippen molar-refractivity contribution in [3.05, 3.63) is 36.9 Å². The van der Waals surface area contributed by atoms with Crippen molar-refractivity contribution in [1.82, 2.24) is 24.5 Å². The number of pyridine rings is 1. The molecule has 0 bridgehead atoms. The zero-order chi connectivity index (χ0) is 21.7. The Labute approximate surface area is 187 Å². The lowest BCUT2D eigenvalue weighted by Crippen LogP contribution is -2.28. The van der Waals surface area contributed by atoms with Crippen molar-refractivity contribution in [3.8, 4) is 11.3 Å². The minimum Gasteiger partial charge on any atom is -0.396 e. The summed E-state index contributed by atoms with van der Waals surface area (Å²) in [5.41, 5.74) is 6.00. The van der Waals surface area contributed by atoms with E-state index in [-0.39, 0.29) is 6.61 Å². The van der Waals surface area contributed by atoms with E-state index in [1.807, 2.05) is 6.33 Å². The van der Waals surface area contributed by atoms with Crippen molar-refractivity contribution < 1.29 is 5.11 Å². The lowest BCUT2D eigenvalue weighted by atomic mass is 9.95. The molecule has 0 radical (unpaired) electrons. The molecule has 2 aliphatic rings. The van der Waals surface area contributed by atoms with E-state index in [0.29, 0.717) is 18.0 Å². The Morgan fingerprint density at radius 1 is 1.12 bits per heavy atom. The van der Waals surface area contributed by atoms with Crippen molar-refractivity contribution in [2.45, 2.75) is 57.5 Å². The van der Waals surface area contributed by atoms with Gasteiger partial charge in [-0.3, -0.25) is 0 Å². The van der Waals surface area contributed by atoms with Crippen LogP contribution in [0.1, 0.15) is 51.5 Å². The van der Waals surface area contributed by atoms with E-state index in [1.165, 1.54) is 37.6 Å². The predicted molar refractivity (Wildman–Crippen MR) is 127 cm³/mol. The zero-order valence-corrected chi connectivity index (χ0v) is 18.5. The third-order valence-corrected chi connectivity index (χ3v) is 7.42. The van der Waals surface area contributed by atoms with E-state index >= 15 is 0 Å². The van der Waals surface area contributed by atoms with Gasteiger partial charge in [0.2, 0.25) is 0 Å². The van der Waals surface area contributed by atoms with Crippen LogP contribution in [0.3, 0.4) is 0 Å². The summed E-state index contributed by atoms with van der Waals surface area (Å²) in [6.45, 7) is 3.26. The summed E-state index contributed by atoms with van der Waals surface area (Å²) in [6.07, 6.45) is 11.2. The molecule has 7 heteroatoms. The smallest absolute Gasteiger partial charge is 0.131 e. The number of imidazole rings is 2. The minimum absolute atomic E-state index is 0.223. The van der Waals surface area contributed by atoms with Gasteiger partial charge in [-0.15, -0.1) is 0 Å². The Bertz CT molecular complexity index is 1250. The average Bonchev–Trinajstić information content (AvgIpc) is 3.56. The number of rotatable bonds is 4. The van der Waals surface area contributed by atoms with Gasteiger partial charge in [0.05, 0.1) is 29.2 Å². The summed E-state index contributed by atoms with van der Waals surface area (Å²) in [6, 6.07) is 9.50. The molecule has 1 aromatic carbocycles. The summed E-state index contributed by atoms with van der Waals surface area (Å²) in [5.74, 6) is 1.24. The Morgan fingerprint density at radius 3 is 2.81 bits per heavy atom. The molecule has 1 aliphatic carbocycles. The lowest BCUT2D eigenvalue weighted by Gasteiger charge is -2.24. The summed E-state index contributed by atoms with van der Waals surface area (Å²) < 4.78 is 2.37. The molecule has 32 heavy (non-hydrogen) atoms. The van der Waals surface area contributed by atoms with Gasteiger partial charge in [0.25, 0.3) is 0 Å². The fourth-order valence-electron chi connectivity index (χ4n) is 5.70. The van der Waals surface area contributed by atoms with Crippen LogP contribution in [0.4, 0.5) is 5.82 Å². The SMILES string of the molecule is C[C@H]1C[C@H](CO)CN1c1cc2[nH]cnc2c(-c2ccc3c(c2)ncn3C2CCCCC2)n1. The van der Waals surface area contributed by atoms with Crippen molar-refractivity contribution in [1.29, 1.82) is 0 Å². The van der Waals surface area contributed by atoms with Gasteiger partial charge in [-0.2, -0.15) is 0 Å². The maximum atomic E-state index is 9.64. The molecule has 2 fully saturated rings. The summed E-state index contributed by atoms with van der Waals surface area (Å²) >= 11 is 0. The molecule has 6 rings (SSSR count). The Kier molecular flexibility index (Phi) is 4.86. The quantitative estimate of drug-likeness (QED) is 0.491. The van der Waals surface area contributed by atoms with Crippen LogP contribution in [0.5, 0.6) is 0 Å². The van der Waals surface area contributed by atoms with Crippen LogP contribution >= 0.6 is 0 Å². The molecule has 2 atom stereocenters. The second-order valence-corrected chi connectivity index (χ2v) is 9.56. The van der Waals surface area contributed by atoms with Gasteiger partial charge in [0.15, 0.2) is 0 Å². The number of fused-ring (bicyclic) bond motifs is 2. The molecule has 4 heterocycles. The molecule has 2 N–H and O–H groups in total. The molecule has 1 aliphatic heterocycles. The number of aliphatic hydroxyl groups is 1. The van der Waals surface area contributed by atoms with Crippen LogP contribution in [0.25, 0.3) is 33.3 Å². The number of nitrogens with zero attached hydrogens (tertiary/aromatic N) is 5. The fourth-order valence-corrected chi connectivity index (χ4v) is 5.70. The van der Waals surface area contributed by atoms with Gasteiger partial charge >= 0.3 is 0 Å². The number of nitrogens with one attached hydrogen (secondary N) is 1. The summed E-state index contributed by atoms with van der Waals surface area (Å²) in [7, 11) is 0. The van der Waals surface area contributed by atoms with Gasteiger partial charge in [-0.1, -0.05) is 25.3 Å². The van der Waals surface area contributed by atoms with Crippen LogP contribution in [-0.2, 0) is 0 Å². The molecule has 0 spiro atoms. The molecule has 0 unspecified atom stereocenters. The molecule has 7 nitrogen and oxygen atoms in total. The van der Waals surface area contributed by atoms with E-state index in [0.717, 1.165) is 46.6 Å². The topological polar surface area (TPSA) is 82.9 Å². The molecule has 1 saturated heterocycles. The number of H-pyrrole nitrogens is 1. The maximum Gasteiger partial charge on any atom is 0.131 e. The largest absolute Gasteiger partial charge is 0.396 e. The lowest BCUT2D eigenvalue weighted by molar-refractivity contribution is 0.236. The second-order valence-electron chi connectivity index (χ2n) is 9.56. The monoisotopic (exact) mass is 430 g/mol. The fraction of sp³-hybridized carbons (Fsp3) is 0.480. The first-order valence-electron chi connectivity index (χ1n) is 11.9. The Balaban J connectivity index is 1.41. The van der Waals surface area contributed by atoms with E-state index in [9.17, 15) is 5.11 Å². The maximum absolute atomic E-state index is 9.64. The zero-order valence-electron chi connectivity index (χ0n) is 18.5. The summed E-state index contributed by atoms with van der Waals surface area (Å²) in [4.78, 5) is 20.0. The highest BCUT2D eigenvalue weighted by molar-refractivity contribution is 5.93. The van der Waals surface area contributed by atoms with E-state index < -0.39 is 0 Å². The number of anilines is 1. The first-order valence-corrected chi connectivity index (χ1v) is 11.9. The van der Waals surface area contributed by atoms with Crippen molar-refractivity contribution in [2.24, 2.45) is 5.92 Å². The first-order chi connectivity index (χ1) is 15.7. The highest BCUT2D eigenvalue weighted by Crippen LogP contribution is 2.35. The Hall–Kier alpha value is -2.93. The number of aromatic amines is 1. The van der Waals surface area contributed by atoms with E-state index in [4.69, 9.17) is 9.97 Å². The predicted octanol–water partition coefficient (Wildman–Crippen LogP) is 4.69. The molecule has 1 saturated carbocycles. The molecular weight excluding hydrogens is 400 g/mol. The number of hydrogen-bond acceptors (Lipinski definition) is 5. The van der Waals surface area contributed by atoms with Crippen molar-refractivity contribution in [2.75, 3.05) is 18.1 Å². The molecule has 4 aromatic rings. The normalized spacial score (nSPS) is 22.4. The van der Waals surface area contributed by atoms with Crippen LogP contribution in [0, 0.1) is 5.92 Å². The standard InChI is InChI=1S/C25H30N6O/c1-16-9-17(13-32)12-30(16)23-11-21-25(27-14-26-21)24(29-23)18-7-8-22-20(10-18)28-15-31(22)19-5-3-2-4-6-19/h7-8,10-11,14-17,19,32H,2-6,9,12-13H2,1H3,(H,26,27)/t16-,17-/m0/s1. The molecular formula is C25H30N6O. The molecule has 166 valence electrons. The van der Waals surface area contributed by atoms with E-state index in [1.54, 1.807) is 6.33 Å². The summed E-state index contributed by atoms with van der Waals surface area (Å²) in [5, 5.41) is 9.64. The second kappa shape index (κ2) is 7.89. The average molecular weight is 431 g/mol. The third kappa shape index (κ3) is 3.26. The van der Waals surface area contributed by atoms with Crippen molar-refractivity contribution >= 4 is 27.9 Å². The molecule has 0 amide bonds. The van der Waals surface area contributed by atoms with Gasteiger partial charge in [-0.25, -0.2) is 15.0 Å². The first kappa shape index (κ1) is 19.7. The molecule has 3 aromatic heterocycles. The highest BCUT2D eigenvalue weighted by Gasteiger charge is 2.30. The van der Waals surface area contributed by atoms with Gasteiger partial charge in [-0.05, 0) is 38.3 Å². The number of aliphatic hydroxyl groups excluding tert-OH is 1. The van der Waals surface area contributed by atoms with Crippen LogP contribution in [0.15, 0.2) is 36.9 Å².